The number of hydrogen-bond acceptors (Lipinski definition) is 4. The number of halogens is 1. The fourth-order valence-corrected chi connectivity index (χ4v) is 2.19. The van der Waals surface area contributed by atoms with E-state index in [4.69, 9.17) is 0 Å². The average molecular weight is 294 g/mol. The van der Waals surface area contributed by atoms with Gasteiger partial charge in [-0.2, -0.15) is 0 Å². The first-order valence-electron chi connectivity index (χ1n) is 6.27. The summed E-state index contributed by atoms with van der Waals surface area (Å²) in [4.78, 5) is 15.9. The summed E-state index contributed by atoms with van der Waals surface area (Å²) in [5.41, 5.74) is 0.180. The van der Waals surface area contributed by atoms with Crippen LogP contribution in [0, 0.1) is 5.82 Å². The Morgan fingerprint density at radius 3 is 3.00 bits per heavy atom. The van der Waals surface area contributed by atoms with Crippen molar-refractivity contribution >= 4 is 23.4 Å². The summed E-state index contributed by atoms with van der Waals surface area (Å²) in [6.45, 7) is 2.05. The van der Waals surface area contributed by atoms with Crippen molar-refractivity contribution in [1.29, 1.82) is 0 Å². The molecule has 0 saturated carbocycles. The molecule has 0 saturated heterocycles. The standard InChI is InChI=1S/C13H15FN4OS/c1-2-5-11-16-13(18-17-11)20-8-12(19)15-10-7-4-3-6-9(10)14/h3-4,6-7H,2,5,8H2,1H3,(H,15,19)(H,16,17,18). The SMILES string of the molecule is CCCc1nc(SCC(=O)Nc2ccccc2F)n[nH]1. The van der Waals surface area contributed by atoms with Gasteiger partial charge in [0.05, 0.1) is 11.4 Å². The molecule has 0 atom stereocenters. The Kier molecular flexibility index (Phi) is 5.11. The largest absolute Gasteiger partial charge is 0.323 e. The number of carbonyl (C=O) groups is 1. The van der Waals surface area contributed by atoms with Gasteiger partial charge in [-0.15, -0.1) is 5.10 Å². The van der Waals surface area contributed by atoms with Gasteiger partial charge < -0.3 is 5.32 Å². The molecule has 0 bridgehead atoms. The van der Waals surface area contributed by atoms with Crippen molar-refractivity contribution in [2.45, 2.75) is 24.9 Å². The Bertz CT molecular complexity index is 587. The first-order chi connectivity index (χ1) is 9.69. The normalized spacial score (nSPS) is 10.5. The lowest BCUT2D eigenvalue weighted by Crippen LogP contribution is -2.15. The van der Waals surface area contributed by atoms with Gasteiger partial charge in [0, 0.05) is 6.42 Å². The van der Waals surface area contributed by atoms with Gasteiger partial charge in [0.15, 0.2) is 0 Å². The van der Waals surface area contributed by atoms with Gasteiger partial charge in [-0.3, -0.25) is 9.89 Å². The first kappa shape index (κ1) is 14.5. The van der Waals surface area contributed by atoms with Gasteiger partial charge in [-0.05, 0) is 18.6 Å². The number of thioether (sulfide) groups is 1. The molecule has 1 heterocycles. The maximum absolute atomic E-state index is 13.4. The Hall–Kier alpha value is -1.89. The van der Waals surface area contributed by atoms with Crippen LogP contribution in [0.15, 0.2) is 29.4 Å². The number of aromatic amines is 1. The van der Waals surface area contributed by atoms with Crippen LogP contribution in [0.3, 0.4) is 0 Å². The van der Waals surface area contributed by atoms with Crippen LogP contribution in [0.4, 0.5) is 10.1 Å². The third kappa shape index (κ3) is 4.06. The third-order valence-electron chi connectivity index (χ3n) is 2.48. The molecule has 0 aliphatic rings. The molecule has 0 aliphatic carbocycles. The summed E-state index contributed by atoms with van der Waals surface area (Å²) < 4.78 is 13.4. The minimum Gasteiger partial charge on any atom is -0.323 e. The summed E-state index contributed by atoms with van der Waals surface area (Å²) in [6, 6.07) is 6.06. The van der Waals surface area contributed by atoms with E-state index in [1.165, 1.54) is 23.9 Å². The molecule has 0 unspecified atom stereocenters. The third-order valence-corrected chi connectivity index (χ3v) is 3.33. The van der Waals surface area contributed by atoms with Crippen LogP contribution in [0.5, 0.6) is 0 Å². The number of rotatable bonds is 6. The Balaban J connectivity index is 1.84. The van der Waals surface area contributed by atoms with Gasteiger partial charge in [0.1, 0.15) is 11.6 Å². The first-order valence-corrected chi connectivity index (χ1v) is 7.26. The van der Waals surface area contributed by atoms with Crippen LogP contribution in [0.1, 0.15) is 19.2 Å². The fourth-order valence-electron chi connectivity index (χ4n) is 1.57. The zero-order chi connectivity index (χ0) is 14.4. The van der Waals surface area contributed by atoms with E-state index in [-0.39, 0.29) is 17.3 Å². The Morgan fingerprint density at radius 2 is 2.25 bits per heavy atom. The van der Waals surface area contributed by atoms with Crippen molar-refractivity contribution in [3.63, 3.8) is 0 Å². The van der Waals surface area contributed by atoms with Crippen molar-refractivity contribution in [2.24, 2.45) is 0 Å². The molecular weight excluding hydrogens is 279 g/mol. The van der Waals surface area contributed by atoms with Gasteiger partial charge in [0.2, 0.25) is 11.1 Å². The predicted octanol–water partition coefficient (Wildman–Crippen LogP) is 2.63. The number of H-pyrrole nitrogens is 1. The molecule has 0 spiro atoms. The number of benzene rings is 1. The van der Waals surface area contributed by atoms with Crippen LogP contribution in [-0.4, -0.2) is 26.8 Å². The van der Waals surface area contributed by atoms with E-state index in [2.05, 4.69) is 27.4 Å². The summed E-state index contributed by atoms with van der Waals surface area (Å²) in [7, 11) is 0. The molecule has 5 nitrogen and oxygen atoms in total. The second-order valence-corrected chi connectivity index (χ2v) is 5.07. The molecule has 1 aromatic heterocycles. The number of hydrogen-bond donors (Lipinski definition) is 2. The predicted molar refractivity (Wildman–Crippen MR) is 76.1 cm³/mol. The number of aromatic nitrogens is 3. The number of nitrogens with one attached hydrogen (secondary N) is 2. The summed E-state index contributed by atoms with van der Waals surface area (Å²) in [6.07, 6.45) is 1.81. The maximum atomic E-state index is 13.4. The minimum atomic E-state index is -0.450. The van der Waals surface area contributed by atoms with Crippen LogP contribution in [-0.2, 0) is 11.2 Å². The van der Waals surface area contributed by atoms with E-state index in [1.807, 2.05) is 0 Å². The van der Waals surface area contributed by atoms with Gasteiger partial charge in [0.25, 0.3) is 0 Å². The summed E-state index contributed by atoms with van der Waals surface area (Å²) >= 11 is 1.21. The lowest BCUT2D eigenvalue weighted by molar-refractivity contribution is -0.113. The quantitative estimate of drug-likeness (QED) is 0.803. The van der Waals surface area contributed by atoms with E-state index >= 15 is 0 Å². The lowest BCUT2D eigenvalue weighted by Gasteiger charge is -2.04. The number of para-hydroxylation sites is 1. The van der Waals surface area contributed by atoms with Crippen LogP contribution < -0.4 is 5.32 Å². The van der Waals surface area contributed by atoms with E-state index in [0.29, 0.717) is 5.16 Å². The van der Waals surface area contributed by atoms with E-state index in [0.717, 1.165) is 18.7 Å². The van der Waals surface area contributed by atoms with Gasteiger partial charge >= 0.3 is 0 Å². The second kappa shape index (κ2) is 7.04. The number of carbonyl (C=O) groups excluding carboxylic acids is 1. The van der Waals surface area contributed by atoms with Crippen molar-refractivity contribution < 1.29 is 9.18 Å². The second-order valence-electron chi connectivity index (χ2n) is 4.13. The highest BCUT2D eigenvalue weighted by molar-refractivity contribution is 7.99. The zero-order valence-electron chi connectivity index (χ0n) is 11.0. The Morgan fingerprint density at radius 1 is 1.45 bits per heavy atom. The Labute approximate surface area is 120 Å². The number of amides is 1. The molecule has 106 valence electrons. The molecule has 0 aliphatic heterocycles. The lowest BCUT2D eigenvalue weighted by atomic mass is 10.3. The number of nitrogens with zero attached hydrogens (tertiary/aromatic N) is 2. The van der Waals surface area contributed by atoms with Crippen LogP contribution in [0.25, 0.3) is 0 Å². The molecule has 20 heavy (non-hydrogen) atoms. The van der Waals surface area contributed by atoms with E-state index in [9.17, 15) is 9.18 Å². The molecule has 2 aromatic rings. The molecule has 0 fully saturated rings. The topological polar surface area (TPSA) is 70.7 Å². The summed E-state index contributed by atoms with van der Waals surface area (Å²) in [5.74, 6) is 0.207. The molecule has 1 amide bonds. The monoisotopic (exact) mass is 294 g/mol. The van der Waals surface area contributed by atoms with E-state index < -0.39 is 5.82 Å². The van der Waals surface area contributed by atoms with Crippen molar-refractivity contribution in [3.8, 4) is 0 Å². The molecule has 1 aromatic carbocycles. The molecule has 7 heteroatoms. The highest BCUT2D eigenvalue weighted by atomic mass is 32.2. The number of anilines is 1. The zero-order valence-corrected chi connectivity index (χ0v) is 11.8. The van der Waals surface area contributed by atoms with Crippen LogP contribution in [0.2, 0.25) is 0 Å². The van der Waals surface area contributed by atoms with Gasteiger partial charge in [-0.25, -0.2) is 9.37 Å². The fraction of sp³-hybridized carbons (Fsp3) is 0.308. The highest BCUT2D eigenvalue weighted by Crippen LogP contribution is 2.15. The van der Waals surface area contributed by atoms with Crippen LogP contribution >= 0.6 is 11.8 Å². The smallest absolute Gasteiger partial charge is 0.234 e. The van der Waals surface area contributed by atoms with Gasteiger partial charge in [-0.1, -0.05) is 30.8 Å². The van der Waals surface area contributed by atoms with Crippen molar-refractivity contribution in [1.82, 2.24) is 15.2 Å². The minimum absolute atomic E-state index is 0.137. The maximum Gasteiger partial charge on any atom is 0.234 e. The van der Waals surface area contributed by atoms with E-state index in [1.54, 1.807) is 12.1 Å². The summed E-state index contributed by atoms with van der Waals surface area (Å²) in [5, 5.41) is 9.86. The van der Waals surface area contributed by atoms with Crippen molar-refractivity contribution in [3.05, 3.63) is 35.9 Å². The number of aryl methyl sites for hydroxylation is 1. The molecule has 2 N–H and O–H groups in total. The molecule has 2 rings (SSSR count). The molecule has 0 radical (unpaired) electrons. The van der Waals surface area contributed by atoms with Crippen molar-refractivity contribution in [2.75, 3.05) is 11.1 Å². The highest BCUT2D eigenvalue weighted by Gasteiger charge is 2.09. The molecular formula is C13H15FN4OS. The average Bonchev–Trinajstić information content (AvgIpc) is 2.87.